The SMILES string of the molecule is COc1cc(OC)cc([C@@H]2[C@@H](Oc3cc(C)ccc3C)C(=O)N2C[C@H]2CCCO2)c1. The summed E-state index contributed by atoms with van der Waals surface area (Å²) in [6.45, 7) is 5.33. The third kappa shape index (κ3) is 3.97. The van der Waals surface area contributed by atoms with Gasteiger partial charge in [-0.2, -0.15) is 0 Å². The van der Waals surface area contributed by atoms with Gasteiger partial charge in [0.15, 0.2) is 0 Å². The van der Waals surface area contributed by atoms with Gasteiger partial charge in [-0.1, -0.05) is 12.1 Å². The van der Waals surface area contributed by atoms with Crippen LogP contribution >= 0.6 is 0 Å². The van der Waals surface area contributed by atoms with E-state index >= 15 is 0 Å². The number of nitrogens with zero attached hydrogens (tertiary/aromatic N) is 1. The number of hydrogen-bond donors (Lipinski definition) is 0. The highest BCUT2D eigenvalue weighted by Crippen LogP contribution is 2.41. The minimum Gasteiger partial charge on any atom is -0.497 e. The topological polar surface area (TPSA) is 57.2 Å². The fourth-order valence-electron chi connectivity index (χ4n) is 4.17. The Kier molecular flexibility index (Phi) is 5.86. The molecule has 6 heteroatoms. The van der Waals surface area contributed by atoms with E-state index in [1.807, 2.05) is 55.1 Å². The first-order valence-corrected chi connectivity index (χ1v) is 10.4. The fourth-order valence-corrected chi connectivity index (χ4v) is 4.17. The summed E-state index contributed by atoms with van der Waals surface area (Å²) >= 11 is 0. The van der Waals surface area contributed by atoms with Crippen LogP contribution in [-0.4, -0.2) is 50.4 Å². The minimum absolute atomic E-state index is 0.0156. The minimum atomic E-state index is -0.594. The van der Waals surface area contributed by atoms with Gasteiger partial charge in [-0.05, 0) is 61.6 Å². The monoisotopic (exact) mass is 411 g/mol. The highest BCUT2D eigenvalue weighted by Gasteiger charge is 2.51. The van der Waals surface area contributed by atoms with Crippen LogP contribution in [0.2, 0.25) is 0 Å². The van der Waals surface area contributed by atoms with Gasteiger partial charge in [-0.3, -0.25) is 4.79 Å². The van der Waals surface area contributed by atoms with Crippen molar-refractivity contribution in [2.45, 2.75) is 44.9 Å². The molecular formula is C24H29NO5. The molecule has 0 saturated carbocycles. The first-order chi connectivity index (χ1) is 14.5. The number of ether oxygens (including phenoxy) is 4. The number of benzene rings is 2. The lowest BCUT2D eigenvalue weighted by atomic mass is 9.89. The summed E-state index contributed by atoms with van der Waals surface area (Å²) in [5.74, 6) is 2.10. The smallest absolute Gasteiger partial charge is 0.266 e. The number of carbonyl (C=O) groups is 1. The molecule has 2 fully saturated rings. The maximum absolute atomic E-state index is 13.1. The second-order valence-corrected chi connectivity index (χ2v) is 8.02. The van der Waals surface area contributed by atoms with Gasteiger partial charge >= 0.3 is 0 Å². The van der Waals surface area contributed by atoms with Crippen LogP contribution in [0.25, 0.3) is 0 Å². The van der Waals surface area contributed by atoms with Crippen LogP contribution in [0.1, 0.15) is 35.6 Å². The van der Waals surface area contributed by atoms with Crippen molar-refractivity contribution in [3.05, 3.63) is 53.1 Å². The summed E-state index contributed by atoms with van der Waals surface area (Å²) in [4.78, 5) is 15.0. The van der Waals surface area contributed by atoms with Gasteiger partial charge in [0, 0.05) is 19.2 Å². The molecule has 6 nitrogen and oxygen atoms in total. The van der Waals surface area contributed by atoms with Crippen molar-refractivity contribution in [3.8, 4) is 17.2 Å². The molecular weight excluding hydrogens is 382 g/mol. The van der Waals surface area contributed by atoms with Crippen molar-refractivity contribution >= 4 is 5.91 Å². The molecule has 2 aromatic carbocycles. The Balaban J connectivity index is 1.66. The van der Waals surface area contributed by atoms with E-state index < -0.39 is 6.10 Å². The van der Waals surface area contributed by atoms with Crippen LogP contribution in [0.4, 0.5) is 0 Å². The maximum atomic E-state index is 13.1. The molecule has 0 bridgehead atoms. The van der Waals surface area contributed by atoms with Gasteiger partial charge < -0.3 is 23.8 Å². The third-order valence-electron chi connectivity index (χ3n) is 5.89. The van der Waals surface area contributed by atoms with E-state index in [1.54, 1.807) is 14.2 Å². The predicted molar refractivity (Wildman–Crippen MR) is 113 cm³/mol. The molecule has 2 heterocycles. The molecule has 0 radical (unpaired) electrons. The van der Waals surface area contributed by atoms with Gasteiger partial charge in [0.05, 0.1) is 20.3 Å². The molecule has 1 amide bonds. The highest BCUT2D eigenvalue weighted by atomic mass is 16.5. The molecule has 4 rings (SSSR count). The summed E-state index contributed by atoms with van der Waals surface area (Å²) in [5.41, 5.74) is 3.03. The number of amides is 1. The van der Waals surface area contributed by atoms with E-state index in [2.05, 4.69) is 0 Å². The molecule has 3 atom stereocenters. The van der Waals surface area contributed by atoms with Crippen LogP contribution in [0.15, 0.2) is 36.4 Å². The van der Waals surface area contributed by atoms with E-state index in [0.717, 1.165) is 41.9 Å². The summed E-state index contributed by atoms with van der Waals surface area (Å²) in [7, 11) is 3.25. The Labute approximate surface area is 177 Å². The summed E-state index contributed by atoms with van der Waals surface area (Å²) in [5, 5.41) is 0. The molecule has 30 heavy (non-hydrogen) atoms. The van der Waals surface area contributed by atoms with E-state index in [9.17, 15) is 4.79 Å². The molecule has 0 spiro atoms. The Bertz CT molecular complexity index is 900. The van der Waals surface area contributed by atoms with Crippen LogP contribution < -0.4 is 14.2 Å². The van der Waals surface area contributed by atoms with Crippen LogP contribution in [-0.2, 0) is 9.53 Å². The number of aryl methyl sites for hydroxylation is 2. The van der Waals surface area contributed by atoms with Gasteiger partial charge in [-0.15, -0.1) is 0 Å². The first kappa shape index (κ1) is 20.5. The van der Waals surface area contributed by atoms with Crippen molar-refractivity contribution in [1.29, 1.82) is 0 Å². The largest absolute Gasteiger partial charge is 0.497 e. The molecule has 160 valence electrons. The standard InChI is InChI=1S/C24H29NO5/c1-15-7-8-16(2)21(10-15)30-23-22(17-11-19(27-3)13-20(12-17)28-4)25(24(23)26)14-18-6-5-9-29-18/h7-8,10-13,18,22-23H,5-6,9,14H2,1-4H3/t18-,22-,23-/m1/s1. The Morgan fingerprint density at radius 2 is 1.80 bits per heavy atom. The van der Waals surface area contributed by atoms with Crippen LogP contribution in [0, 0.1) is 13.8 Å². The van der Waals surface area contributed by atoms with Crippen LogP contribution in [0.3, 0.4) is 0 Å². The number of rotatable bonds is 7. The second kappa shape index (κ2) is 8.56. The Morgan fingerprint density at radius 1 is 1.07 bits per heavy atom. The van der Waals surface area contributed by atoms with Gasteiger partial charge in [0.25, 0.3) is 5.91 Å². The Morgan fingerprint density at radius 3 is 2.43 bits per heavy atom. The van der Waals surface area contributed by atoms with Crippen LogP contribution in [0.5, 0.6) is 17.2 Å². The zero-order valence-electron chi connectivity index (χ0n) is 18.0. The number of carbonyl (C=O) groups excluding carboxylic acids is 1. The third-order valence-corrected chi connectivity index (χ3v) is 5.89. The molecule has 2 saturated heterocycles. The second-order valence-electron chi connectivity index (χ2n) is 8.02. The summed E-state index contributed by atoms with van der Waals surface area (Å²) in [6.07, 6.45) is 1.49. The number of likely N-dealkylation sites (tertiary alicyclic amines) is 1. The van der Waals surface area contributed by atoms with E-state index in [-0.39, 0.29) is 18.1 Å². The predicted octanol–water partition coefficient (Wildman–Crippen LogP) is 3.83. The number of methoxy groups -OCH3 is 2. The summed E-state index contributed by atoms with van der Waals surface area (Å²) in [6, 6.07) is 11.5. The molecule has 2 aromatic rings. The lowest BCUT2D eigenvalue weighted by Crippen LogP contribution is -2.62. The molecule has 0 N–H and O–H groups in total. The molecule has 0 unspecified atom stereocenters. The zero-order valence-corrected chi connectivity index (χ0v) is 18.0. The summed E-state index contributed by atoms with van der Waals surface area (Å²) < 4.78 is 23.0. The Hall–Kier alpha value is -2.73. The highest BCUT2D eigenvalue weighted by molar-refractivity contribution is 5.89. The number of β-lactam (4-membered cyclic amide) rings is 1. The maximum Gasteiger partial charge on any atom is 0.266 e. The lowest BCUT2D eigenvalue weighted by molar-refractivity contribution is -0.167. The van der Waals surface area contributed by atoms with Gasteiger partial charge in [-0.25, -0.2) is 0 Å². The quantitative estimate of drug-likeness (QED) is 0.648. The molecule has 2 aliphatic heterocycles. The molecule has 0 aliphatic carbocycles. The lowest BCUT2D eigenvalue weighted by Gasteiger charge is -2.47. The fraction of sp³-hybridized carbons (Fsp3) is 0.458. The average Bonchev–Trinajstić information content (AvgIpc) is 3.27. The first-order valence-electron chi connectivity index (χ1n) is 10.4. The molecule has 2 aliphatic rings. The van der Waals surface area contributed by atoms with Crippen molar-refractivity contribution in [1.82, 2.24) is 4.90 Å². The van der Waals surface area contributed by atoms with Crippen molar-refractivity contribution in [2.75, 3.05) is 27.4 Å². The van der Waals surface area contributed by atoms with Crippen molar-refractivity contribution in [3.63, 3.8) is 0 Å². The van der Waals surface area contributed by atoms with Crippen molar-refractivity contribution < 1.29 is 23.7 Å². The normalized spacial score (nSPS) is 23.3. The molecule has 0 aromatic heterocycles. The van der Waals surface area contributed by atoms with Gasteiger partial charge in [0.2, 0.25) is 6.10 Å². The zero-order chi connectivity index (χ0) is 21.3. The average molecular weight is 411 g/mol. The van der Waals surface area contributed by atoms with Crippen molar-refractivity contribution in [2.24, 2.45) is 0 Å². The van der Waals surface area contributed by atoms with Gasteiger partial charge in [0.1, 0.15) is 23.3 Å². The van der Waals surface area contributed by atoms with E-state index in [1.165, 1.54) is 0 Å². The number of hydrogen-bond acceptors (Lipinski definition) is 5. The van der Waals surface area contributed by atoms with E-state index in [4.69, 9.17) is 18.9 Å². The van der Waals surface area contributed by atoms with E-state index in [0.29, 0.717) is 18.0 Å².